The van der Waals surface area contributed by atoms with Gasteiger partial charge in [-0.25, -0.2) is 12.7 Å². The first-order valence-electron chi connectivity index (χ1n) is 3.45. The lowest BCUT2D eigenvalue weighted by Gasteiger charge is -2.10. The maximum absolute atomic E-state index is 10.9. The Morgan fingerprint density at radius 1 is 1.50 bits per heavy atom. The zero-order valence-corrected chi connectivity index (χ0v) is 7.19. The van der Waals surface area contributed by atoms with E-state index in [9.17, 15) is 8.42 Å². The van der Waals surface area contributed by atoms with Crippen molar-refractivity contribution in [3.05, 3.63) is 0 Å². The van der Waals surface area contributed by atoms with Gasteiger partial charge in [0.2, 0.25) is 10.0 Å². The number of hydrogen-bond acceptors (Lipinski definition) is 2. The van der Waals surface area contributed by atoms with Gasteiger partial charge in [-0.15, -0.1) is 0 Å². The van der Waals surface area contributed by atoms with E-state index in [0.717, 1.165) is 6.42 Å². The molecule has 1 atom stereocenters. The van der Waals surface area contributed by atoms with Crippen molar-refractivity contribution in [2.45, 2.75) is 13.3 Å². The van der Waals surface area contributed by atoms with E-state index in [0.29, 0.717) is 19.0 Å². The van der Waals surface area contributed by atoms with E-state index in [4.69, 9.17) is 0 Å². The highest BCUT2D eigenvalue weighted by Crippen LogP contribution is 2.17. The molecule has 1 unspecified atom stereocenters. The van der Waals surface area contributed by atoms with Crippen LogP contribution in [-0.2, 0) is 10.0 Å². The predicted octanol–water partition coefficient (Wildman–Crippen LogP) is 0.288. The van der Waals surface area contributed by atoms with Gasteiger partial charge in [0.1, 0.15) is 0 Å². The second-order valence-electron chi connectivity index (χ2n) is 3.01. The Balaban J connectivity index is 2.62. The number of nitrogens with zero attached hydrogens (tertiary/aromatic N) is 1. The van der Waals surface area contributed by atoms with Crippen molar-refractivity contribution in [2.75, 3.05) is 19.3 Å². The highest BCUT2D eigenvalue weighted by atomic mass is 32.2. The average Bonchev–Trinajstić information content (AvgIpc) is 2.11. The van der Waals surface area contributed by atoms with Crippen molar-refractivity contribution in [1.82, 2.24) is 4.31 Å². The zero-order valence-electron chi connectivity index (χ0n) is 6.37. The van der Waals surface area contributed by atoms with Crippen molar-refractivity contribution < 1.29 is 8.42 Å². The largest absolute Gasteiger partial charge is 0.213 e. The molecule has 1 fully saturated rings. The van der Waals surface area contributed by atoms with Crippen LogP contribution in [0.4, 0.5) is 0 Å². The first-order valence-corrected chi connectivity index (χ1v) is 5.30. The van der Waals surface area contributed by atoms with E-state index >= 15 is 0 Å². The lowest BCUT2D eigenvalue weighted by Crippen LogP contribution is -2.27. The maximum Gasteiger partial charge on any atom is 0.211 e. The molecule has 1 aliphatic heterocycles. The normalized spacial score (nSPS) is 29.2. The minimum absolute atomic E-state index is 0.537. The van der Waals surface area contributed by atoms with Gasteiger partial charge in [0.25, 0.3) is 0 Å². The second-order valence-corrected chi connectivity index (χ2v) is 5.00. The smallest absolute Gasteiger partial charge is 0.211 e. The summed E-state index contributed by atoms with van der Waals surface area (Å²) in [6.45, 7) is 3.49. The molecule has 0 saturated carbocycles. The van der Waals surface area contributed by atoms with E-state index in [1.165, 1.54) is 10.6 Å². The van der Waals surface area contributed by atoms with Crippen LogP contribution in [0.25, 0.3) is 0 Å². The van der Waals surface area contributed by atoms with Crippen molar-refractivity contribution >= 4 is 10.0 Å². The fourth-order valence-electron chi connectivity index (χ4n) is 1.20. The molecule has 0 aliphatic carbocycles. The minimum Gasteiger partial charge on any atom is -0.213 e. The molecule has 0 aromatic heterocycles. The molecule has 3 nitrogen and oxygen atoms in total. The predicted molar refractivity (Wildman–Crippen MR) is 40.2 cm³/mol. The molecule has 1 heterocycles. The summed E-state index contributed by atoms with van der Waals surface area (Å²) in [5.41, 5.74) is 0. The molecule has 4 heteroatoms. The van der Waals surface area contributed by atoms with Crippen LogP contribution in [-0.4, -0.2) is 32.1 Å². The Morgan fingerprint density at radius 3 is 2.30 bits per heavy atom. The summed E-state index contributed by atoms with van der Waals surface area (Å²) in [5.74, 6) is 0.537. The minimum atomic E-state index is -2.90. The van der Waals surface area contributed by atoms with Gasteiger partial charge >= 0.3 is 0 Å². The summed E-state index contributed by atoms with van der Waals surface area (Å²) >= 11 is 0. The van der Waals surface area contributed by atoms with Crippen LogP contribution in [0.5, 0.6) is 0 Å². The van der Waals surface area contributed by atoms with Crippen molar-refractivity contribution in [3.8, 4) is 0 Å². The van der Waals surface area contributed by atoms with Crippen LogP contribution in [0.2, 0.25) is 0 Å². The van der Waals surface area contributed by atoms with Crippen LogP contribution < -0.4 is 0 Å². The third kappa shape index (κ3) is 1.70. The van der Waals surface area contributed by atoms with Gasteiger partial charge in [0.05, 0.1) is 6.26 Å². The van der Waals surface area contributed by atoms with E-state index < -0.39 is 10.0 Å². The van der Waals surface area contributed by atoms with Crippen molar-refractivity contribution in [2.24, 2.45) is 5.92 Å². The molecule has 0 radical (unpaired) electrons. The van der Waals surface area contributed by atoms with Gasteiger partial charge in [0.15, 0.2) is 0 Å². The van der Waals surface area contributed by atoms with Crippen LogP contribution >= 0.6 is 0 Å². The molecule has 0 amide bonds. The van der Waals surface area contributed by atoms with Gasteiger partial charge in [-0.2, -0.15) is 0 Å². The van der Waals surface area contributed by atoms with E-state index in [1.54, 1.807) is 0 Å². The van der Waals surface area contributed by atoms with Gasteiger partial charge in [0, 0.05) is 13.1 Å². The van der Waals surface area contributed by atoms with Gasteiger partial charge < -0.3 is 0 Å². The molecule has 0 N–H and O–H groups in total. The molecule has 1 aliphatic rings. The summed E-state index contributed by atoms with van der Waals surface area (Å²) in [4.78, 5) is 0. The third-order valence-corrected chi connectivity index (χ3v) is 3.13. The molecule has 0 aromatic carbocycles. The monoisotopic (exact) mass is 163 g/mol. The first kappa shape index (κ1) is 8.01. The summed E-state index contributed by atoms with van der Waals surface area (Å²) in [7, 11) is -2.90. The fourth-order valence-corrected chi connectivity index (χ4v) is 2.16. The zero-order chi connectivity index (χ0) is 7.78. The Hall–Kier alpha value is -0.0900. The first-order chi connectivity index (χ1) is 4.50. The molecule has 0 bridgehead atoms. The van der Waals surface area contributed by atoms with Gasteiger partial charge in [-0.1, -0.05) is 6.92 Å². The highest BCUT2D eigenvalue weighted by molar-refractivity contribution is 7.88. The molecular weight excluding hydrogens is 150 g/mol. The SMILES string of the molecule is CC1CCN(S(C)(=O)=O)C1. The Morgan fingerprint density at radius 2 is 2.10 bits per heavy atom. The highest BCUT2D eigenvalue weighted by Gasteiger charge is 2.25. The van der Waals surface area contributed by atoms with Crippen molar-refractivity contribution in [3.63, 3.8) is 0 Å². The second kappa shape index (κ2) is 2.51. The molecule has 10 heavy (non-hydrogen) atoms. The fraction of sp³-hybridized carbons (Fsp3) is 1.00. The Bertz CT molecular complexity index is 210. The van der Waals surface area contributed by atoms with Gasteiger partial charge in [-0.05, 0) is 12.3 Å². The number of rotatable bonds is 1. The molecule has 0 spiro atoms. The van der Waals surface area contributed by atoms with Crippen LogP contribution in [0.1, 0.15) is 13.3 Å². The average molecular weight is 163 g/mol. The van der Waals surface area contributed by atoms with Crippen LogP contribution in [0.3, 0.4) is 0 Å². The van der Waals surface area contributed by atoms with Gasteiger partial charge in [-0.3, -0.25) is 0 Å². The quantitative estimate of drug-likeness (QED) is 0.557. The lowest BCUT2D eigenvalue weighted by molar-refractivity contribution is 0.469. The topological polar surface area (TPSA) is 37.4 Å². The summed E-state index contributed by atoms with van der Waals surface area (Å²) in [6.07, 6.45) is 2.28. The molecule has 1 rings (SSSR count). The van der Waals surface area contributed by atoms with Crippen LogP contribution in [0.15, 0.2) is 0 Å². The van der Waals surface area contributed by atoms with Crippen LogP contribution in [0, 0.1) is 5.92 Å². The summed E-state index contributed by atoms with van der Waals surface area (Å²) < 4.78 is 23.3. The molecular formula is C6H13NO2S. The summed E-state index contributed by atoms with van der Waals surface area (Å²) in [6, 6.07) is 0. The Labute approximate surface area is 62.1 Å². The Kier molecular flexibility index (Phi) is 2.01. The standard InChI is InChI=1S/C6H13NO2S/c1-6-3-4-7(5-6)10(2,8)9/h6H,3-5H2,1-2H3. The van der Waals surface area contributed by atoms with E-state index in [2.05, 4.69) is 6.92 Å². The lowest BCUT2D eigenvalue weighted by atomic mass is 10.2. The third-order valence-electron chi connectivity index (χ3n) is 1.86. The maximum atomic E-state index is 10.9. The molecule has 1 saturated heterocycles. The van der Waals surface area contributed by atoms with E-state index in [-0.39, 0.29) is 0 Å². The number of sulfonamides is 1. The molecule has 60 valence electrons. The summed E-state index contributed by atoms with van der Waals surface area (Å²) in [5, 5.41) is 0. The van der Waals surface area contributed by atoms with Crippen molar-refractivity contribution in [1.29, 1.82) is 0 Å². The number of hydrogen-bond donors (Lipinski definition) is 0. The molecule has 0 aromatic rings. The van der Waals surface area contributed by atoms with E-state index in [1.807, 2.05) is 0 Å².